The molecular weight excluding hydrogens is 346 g/mol. The summed E-state index contributed by atoms with van der Waals surface area (Å²) in [6.07, 6.45) is 2.08. The number of rotatable bonds is 6. The summed E-state index contributed by atoms with van der Waals surface area (Å²) >= 11 is 0. The van der Waals surface area contributed by atoms with Gasteiger partial charge in [-0.2, -0.15) is 0 Å². The van der Waals surface area contributed by atoms with Gasteiger partial charge < -0.3 is 15.4 Å². The number of amides is 2. The zero-order valence-corrected chi connectivity index (χ0v) is 14.8. The Morgan fingerprint density at radius 3 is 2.92 bits per heavy atom. The second-order valence-electron chi connectivity index (χ2n) is 6.09. The average molecular weight is 367 g/mol. The van der Waals surface area contributed by atoms with Crippen LogP contribution in [0.4, 0.5) is 0 Å². The second kappa shape index (κ2) is 7.11. The van der Waals surface area contributed by atoms with Crippen LogP contribution in [-0.2, 0) is 14.8 Å². The number of fused-ring (bicyclic) bond motifs is 1. The standard InChI is InChI=1S/C16H21N3O5S/c1-24-8-7-19-16(21)13-5-4-11(9-14(13)25(19,22)23)15(20)18-10-12-3-2-6-17-12/h4-5,9,12,17H,2-3,6-8,10H2,1H3,(H,18,20). The van der Waals surface area contributed by atoms with E-state index in [0.29, 0.717) is 6.54 Å². The highest BCUT2D eigenvalue weighted by Crippen LogP contribution is 2.30. The summed E-state index contributed by atoms with van der Waals surface area (Å²) in [5.41, 5.74) is 0.312. The summed E-state index contributed by atoms with van der Waals surface area (Å²) in [5, 5.41) is 6.08. The van der Waals surface area contributed by atoms with Gasteiger partial charge in [-0.05, 0) is 37.6 Å². The van der Waals surface area contributed by atoms with Gasteiger partial charge in [-0.15, -0.1) is 0 Å². The number of benzene rings is 1. The van der Waals surface area contributed by atoms with E-state index in [2.05, 4.69) is 10.6 Å². The predicted octanol–water partition coefficient (Wildman–Crippen LogP) is -0.0407. The van der Waals surface area contributed by atoms with Gasteiger partial charge in [-0.3, -0.25) is 9.59 Å². The monoisotopic (exact) mass is 367 g/mol. The predicted molar refractivity (Wildman–Crippen MR) is 89.9 cm³/mol. The SMILES string of the molecule is COCCN1C(=O)c2ccc(C(=O)NCC3CCCN3)cc2S1(=O)=O. The molecule has 1 atom stereocenters. The van der Waals surface area contributed by atoms with Crippen LogP contribution in [0.15, 0.2) is 23.1 Å². The maximum Gasteiger partial charge on any atom is 0.269 e. The number of hydrogen-bond acceptors (Lipinski definition) is 6. The van der Waals surface area contributed by atoms with E-state index in [9.17, 15) is 18.0 Å². The Kier molecular flexibility index (Phi) is 5.07. The normalized spacial score (nSPS) is 21.4. The summed E-state index contributed by atoms with van der Waals surface area (Å²) in [6.45, 7) is 1.49. The molecule has 2 N–H and O–H groups in total. The molecule has 2 aliphatic heterocycles. The molecule has 0 bridgehead atoms. The number of sulfonamides is 1. The first-order valence-corrected chi connectivity index (χ1v) is 9.61. The van der Waals surface area contributed by atoms with E-state index < -0.39 is 15.9 Å². The first kappa shape index (κ1) is 17.8. The third-order valence-corrected chi connectivity index (χ3v) is 6.26. The number of nitrogens with one attached hydrogen (secondary N) is 2. The van der Waals surface area contributed by atoms with Gasteiger partial charge in [0.2, 0.25) is 0 Å². The summed E-state index contributed by atoms with van der Waals surface area (Å²) in [4.78, 5) is 24.5. The number of nitrogens with zero attached hydrogens (tertiary/aromatic N) is 1. The van der Waals surface area contributed by atoms with Crippen LogP contribution < -0.4 is 10.6 Å². The quantitative estimate of drug-likeness (QED) is 0.731. The lowest BCUT2D eigenvalue weighted by atomic mass is 10.1. The van der Waals surface area contributed by atoms with Crippen LogP contribution >= 0.6 is 0 Å². The molecule has 2 heterocycles. The maximum absolute atomic E-state index is 12.6. The molecule has 0 aromatic heterocycles. The van der Waals surface area contributed by atoms with Crippen LogP contribution in [0.2, 0.25) is 0 Å². The van der Waals surface area contributed by atoms with Crippen LogP contribution in [0, 0.1) is 0 Å². The Hall–Kier alpha value is -1.97. The largest absolute Gasteiger partial charge is 0.383 e. The molecule has 25 heavy (non-hydrogen) atoms. The van der Waals surface area contributed by atoms with Crippen LogP contribution in [0.1, 0.15) is 33.6 Å². The van der Waals surface area contributed by atoms with Crippen molar-refractivity contribution in [2.24, 2.45) is 0 Å². The first-order valence-electron chi connectivity index (χ1n) is 8.17. The fourth-order valence-corrected chi connectivity index (χ4v) is 4.64. The summed E-state index contributed by atoms with van der Waals surface area (Å²) in [5.74, 6) is -0.941. The number of carbonyl (C=O) groups excluding carboxylic acids is 2. The van der Waals surface area contributed by atoms with Crippen molar-refractivity contribution in [1.82, 2.24) is 14.9 Å². The van der Waals surface area contributed by atoms with Crippen molar-refractivity contribution < 1.29 is 22.7 Å². The highest BCUT2D eigenvalue weighted by Gasteiger charge is 2.41. The van der Waals surface area contributed by atoms with Gasteiger partial charge in [0, 0.05) is 25.3 Å². The lowest BCUT2D eigenvalue weighted by Crippen LogP contribution is -2.37. The topological polar surface area (TPSA) is 105 Å². The van der Waals surface area contributed by atoms with Crippen LogP contribution in [0.5, 0.6) is 0 Å². The molecule has 1 aromatic rings. The Morgan fingerprint density at radius 2 is 2.24 bits per heavy atom. The molecule has 0 spiro atoms. The zero-order valence-electron chi connectivity index (χ0n) is 13.9. The zero-order chi connectivity index (χ0) is 18.0. The highest BCUT2D eigenvalue weighted by atomic mass is 32.2. The summed E-state index contributed by atoms with van der Waals surface area (Å²) < 4.78 is 30.7. The molecule has 0 radical (unpaired) electrons. The van der Waals surface area contributed by atoms with E-state index in [4.69, 9.17) is 4.74 Å². The number of hydrogen-bond donors (Lipinski definition) is 2. The van der Waals surface area contributed by atoms with Gasteiger partial charge >= 0.3 is 0 Å². The van der Waals surface area contributed by atoms with Crippen molar-refractivity contribution in [3.8, 4) is 0 Å². The molecule has 0 saturated carbocycles. The number of methoxy groups -OCH3 is 1. The fraction of sp³-hybridized carbons (Fsp3) is 0.500. The molecule has 1 aromatic carbocycles. The molecule has 1 saturated heterocycles. The molecule has 1 fully saturated rings. The van der Waals surface area contributed by atoms with Crippen molar-refractivity contribution in [3.63, 3.8) is 0 Å². The van der Waals surface area contributed by atoms with Gasteiger partial charge in [0.15, 0.2) is 0 Å². The van der Waals surface area contributed by atoms with E-state index in [1.165, 1.54) is 25.3 Å². The van der Waals surface area contributed by atoms with Crippen LogP contribution in [0.3, 0.4) is 0 Å². The Bertz CT molecular complexity index is 787. The van der Waals surface area contributed by atoms with Crippen LogP contribution in [-0.4, -0.2) is 63.9 Å². The number of carbonyl (C=O) groups is 2. The van der Waals surface area contributed by atoms with Crippen LogP contribution in [0.25, 0.3) is 0 Å². The molecule has 1 unspecified atom stereocenters. The van der Waals surface area contributed by atoms with Crippen molar-refractivity contribution in [1.29, 1.82) is 0 Å². The van der Waals surface area contributed by atoms with Gasteiger partial charge in [-0.1, -0.05) is 0 Å². The van der Waals surface area contributed by atoms with Gasteiger partial charge in [0.25, 0.3) is 21.8 Å². The summed E-state index contributed by atoms with van der Waals surface area (Å²) in [6, 6.07) is 4.38. The Labute approximate surface area is 146 Å². The third kappa shape index (κ3) is 3.39. The average Bonchev–Trinajstić information content (AvgIpc) is 3.18. The first-order chi connectivity index (χ1) is 11.9. The van der Waals surface area contributed by atoms with Gasteiger partial charge in [0.1, 0.15) is 4.90 Å². The van der Waals surface area contributed by atoms with E-state index in [-0.39, 0.29) is 41.1 Å². The van der Waals surface area contributed by atoms with Gasteiger partial charge in [-0.25, -0.2) is 12.7 Å². The smallest absolute Gasteiger partial charge is 0.269 e. The van der Waals surface area contributed by atoms with E-state index in [0.717, 1.165) is 23.7 Å². The lowest BCUT2D eigenvalue weighted by molar-refractivity contribution is 0.0835. The number of ether oxygens (including phenoxy) is 1. The lowest BCUT2D eigenvalue weighted by Gasteiger charge is -2.14. The molecular formula is C16H21N3O5S. The molecule has 0 aliphatic carbocycles. The summed E-state index contributed by atoms with van der Waals surface area (Å²) in [7, 11) is -2.51. The van der Waals surface area contributed by atoms with Gasteiger partial charge in [0.05, 0.1) is 18.7 Å². The molecule has 136 valence electrons. The van der Waals surface area contributed by atoms with E-state index in [1.807, 2.05) is 0 Å². The van der Waals surface area contributed by atoms with E-state index in [1.54, 1.807) is 0 Å². The molecule has 9 heteroatoms. The molecule has 8 nitrogen and oxygen atoms in total. The molecule has 2 amide bonds. The van der Waals surface area contributed by atoms with E-state index >= 15 is 0 Å². The molecule has 2 aliphatic rings. The highest BCUT2D eigenvalue weighted by molar-refractivity contribution is 7.90. The Balaban J connectivity index is 1.78. The minimum absolute atomic E-state index is 0.0543. The minimum atomic E-state index is -3.94. The van der Waals surface area contributed by atoms with Crippen molar-refractivity contribution >= 4 is 21.8 Å². The third-order valence-electron chi connectivity index (χ3n) is 4.44. The maximum atomic E-state index is 12.6. The fourth-order valence-electron chi connectivity index (χ4n) is 3.06. The van der Waals surface area contributed by atoms with Crippen molar-refractivity contribution in [2.75, 3.05) is 33.4 Å². The minimum Gasteiger partial charge on any atom is -0.383 e. The van der Waals surface area contributed by atoms with Crippen molar-refractivity contribution in [2.45, 2.75) is 23.8 Å². The molecule has 3 rings (SSSR count). The Morgan fingerprint density at radius 1 is 1.44 bits per heavy atom. The van der Waals surface area contributed by atoms with Crippen molar-refractivity contribution in [3.05, 3.63) is 29.3 Å². The second-order valence-corrected chi connectivity index (χ2v) is 7.92.